The van der Waals surface area contributed by atoms with E-state index in [0.717, 1.165) is 19.5 Å². The van der Waals surface area contributed by atoms with Crippen LogP contribution in [0.25, 0.3) is 0 Å². The van der Waals surface area contributed by atoms with Crippen LogP contribution in [0, 0.1) is 0 Å². The molecule has 0 saturated carbocycles. The molecule has 2 heterocycles. The topological polar surface area (TPSA) is 96.3 Å². The predicted octanol–water partition coefficient (Wildman–Crippen LogP) is 0.292. The van der Waals surface area contributed by atoms with Gasteiger partial charge in [-0.3, -0.25) is 4.79 Å². The van der Waals surface area contributed by atoms with Gasteiger partial charge in [-0.15, -0.1) is 0 Å². The highest BCUT2D eigenvalue weighted by atomic mass is 16.4. The molecule has 0 fully saturated rings. The van der Waals surface area contributed by atoms with Gasteiger partial charge in [0.2, 0.25) is 0 Å². The maximum atomic E-state index is 12.0. The van der Waals surface area contributed by atoms with Gasteiger partial charge in [0, 0.05) is 13.1 Å². The summed E-state index contributed by atoms with van der Waals surface area (Å²) in [6, 6.07) is 0. The van der Waals surface area contributed by atoms with Crippen LogP contribution in [0.5, 0.6) is 0 Å². The molecule has 0 spiro atoms. The highest BCUT2D eigenvalue weighted by Crippen LogP contribution is 2.19. The second-order valence-electron chi connectivity index (χ2n) is 4.79. The fraction of sp³-hybridized carbons (Fsp3) is 0.545. The third-order valence-corrected chi connectivity index (χ3v) is 2.88. The normalized spacial score (nSPS) is 14.6. The highest BCUT2D eigenvalue weighted by Gasteiger charge is 2.31. The summed E-state index contributed by atoms with van der Waals surface area (Å²) in [6.45, 7) is 4.43. The number of carboxylic acids is 1. The number of hydrogen-bond acceptors (Lipinski definition) is 4. The molecule has 1 amide bonds. The Hall–Kier alpha value is -2.05. The van der Waals surface area contributed by atoms with Crippen molar-refractivity contribution in [3.8, 4) is 0 Å². The molecule has 1 aliphatic rings. The molecule has 0 unspecified atom stereocenters. The van der Waals surface area contributed by atoms with Gasteiger partial charge >= 0.3 is 5.97 Å². The molecule has 98 valence electrons. The Morgan fingerprint density at radius 1 is 1.56 bits per heavy atom. The van der Waals surface area contributed by atoms with E-state index >= 15 is 0 Å². The zero-order valence-electron chi connectivity index (χ0n) is 10.4. The standard InChI is InChI=1S/C11H16N4O3/c1-11(2,10(17)18)14-9(16)7-6-13-15-5-3-4-12-8(7)15/h6,12H,3-5H2,1-2H3,(H,14,16)(H,17,18). The first-order valence-electron chi connectivity index (χ1n) is 5.77. The van der Waals surface area contributed by atoms with Gasteiger partial charge in [-0.25, -0.2) is 9.48 Å². The highest BCUT2D eigenvalue weighted by molar-refractivity contribution is 6.01. The van der Waals surface area contributed by atoms with Crippen LogP contribution >= 0.6 is 0 Å². The van der Waals surface area contributed by atoms with Crippen LogP contribution in [0.15, 0.2) is 6.20 Å². The van der Waals surface area contributed by atoms with E-state index < -0.39 is 17.4 Å². The lowest BCUT2D eigenvalue weighted by molar-refractivity contribution is -0.143. The van der Waals surface area contributed by atoms with Crippen LogP contribution in [0.2, 0.25) is 0 Å². The Balaban J connectivity index is 2.20. The second-order valence-corrected chi connectivity index (χ2v) is 4.79. The van der Waals surface area contributed by atoms with Crippen LogP contribution in [0.4, 0.5) is 5.82 Å². The molecule has 0 atom stereocenters. The van der Waals surface area contributed by atoms with Crippen molar-refractivity contribution in [2.24, 2.45) is 0 Å². The average Bonchev–Trinajstić information content (AvgIpc) is 2.71. The van der Waals surface area contributed by atoms with Crippen molar-refractivity contribution in [3.05, 3.63) is 11.8 Å². The summed E-state index contributed by atoms with van der Waals surface area (Å²) < 4.78 is 1.71. The van der Waals surface area contributed by atoms with Gasteiger partial charge in [0.25, 0.3) is 5.91 Å². The summed E-state index contributed by atoms with van der Waals surface area (Å²) in [5.74, 6) is -0.858. The molecule has 0 aliphatic carbocycles. The van der Waals surface area contributed by atoms with Crippen molar-refractivity contribution in [3.63, 3.8) is 0 Å². The van der Waals surface area contributed by atoms with Gasteiger partial charge in [-0.05, 0) is 20.3 Å². The minimum absolute atomic E-state index is 0.379. The number of carbonyl (C=O) groups is 2. The molecule has 7 nitrogen and oxygen atoms in total. The quantitative estimate of drug-likeness (QED) is 0.718. The number of fused-ring (bicyclic) bond motifs is 1. The van der Waals surface area contributed by atoms with Crippen LogP contribution in [-0.4, -0.2) is 38.8 Å². The van der Waals surface area contributed by atoms with E-state index in [-0.39, 0.29) is 0 Å². The van der Waals surface area contributed by atoms with E-state index in [1.807, 2.05) is 0 Å². The van der Waals surface area contributed by atoms with Gasteiger partial charge in [0.05, 0.1) is 6.20 Å². The lowest BCUT2D eigenvalue weighted by Gasteiger charge is -2.22. The number of aryl methyl sites for hydroxylation is 1. The number of aliphatic carboxylic acids is 1. The Bertz CT molecular complexity index is 492. The first-order valence-corrected chi connectivity index (χ1v) is 5.77. The molecular weight excluding hydrogens is 236 g/mol. The molecule has 18 heavy (non-hydrogen) atoms. The lowest BCUT2D eigenvalue weighted by atomic mass is 10.1. The van der Waals surface area contributed by atoms with Gasteiger partial charge in [0.15, 0.2) is 0 Å². The lowest BCUT2D eigenvalue weighted by Crippen LogP contribution is -2.49. The monoisotopic (exact) mass is 252 g/mol. The smallest absolute Gasteiger partial charge is 0.328 e. The molecule has 0 bridgehead atoms. The van der Waals surface area contributed by atoms with Crippen molar-refractivity contribution in [1.82, 2.24) is 15.1 Å². The number of rotatable bonds is 3. The summed E-state index contributed by atoms with van der Waals surface area (Å²) >= 11 is 0. The molecule has 3 N–H and O–H groups in total. The van der Waals surface area contributed by atoms with Crippen LogP contribution in [-0.2, 0) is 11.3 Å². The zero-order valence-corrected chi connectivity index (χ0v) is 10.4. The number of carboxylic acid groups (broad SMARTS) is 1. The largest absolute Gasteiger partial charge is 0.480 e. The Morgan fingerprint density at radius 3 is 2.94 bits per heavy atom. The third kappa shape index (κ3) is 2.15. The first-order chi connectivity index (χ1) is 8.42. The summed E-state index contributed by atoms with van der Waals surface area (Å²) in [5.41, 5.74) is -0.926. The Morgan fingerprint density at radius 2 is 2.28 bits per heavy atom. The van der Waals surface area contributed by atoms with E-state index in [1.165, 1.54) is 20.0 Å². The molecule has 1 aromatic rings. The predicted molar refractivity (Wildman–Crippen MR) is 64.5 cm³/mol. The van der Waals surface area contributed by atoms with Gasteiger partial charge < -0.3 is 15.7 Å². The van der Waals surface area contributed by atoms with Crippen molar-refractivity contribution in [2.75, 3.05) is 11.9 Å². The summed E-state index contributed by atoms with van der Waals surface area (Å²) in [4.78, 5) is 23.0. The number of hydrogen-bond donors (Lipinski definition) is 3. The van der Waals surface area contributed by atoms with Crippen LogP contribution in [0.1, 0.15) is 30.6 Å². The summed E-state index contributed by atoms with van der Waals surface area (Å²) in [5, 5.41) is 18.6. The molecule has 0 radical (unpaired) electrons. The number of anilines is 1. The van der Waals surface area contributed by atoms with Gasteiger partial charge in [-0.1, -0.05) is 0 Å². The molecule has 7 heteroatoms. The number of aromatic nitrogens is 2. The van der Waals surface area contributed by atoms with Gasteiger partial charge in [-0.2, -0.15) is 5.10 Å². The minimum Gasteiger partial charge on any atom is -0.480 e. The SMILES string of the molecule is CC(C)(NC(=O)c1cnn2c1NCCC2)C(=O)O. The Labute approximate surface area is 104 Å². The fourth-order valence-corrected chi connectivity index (χ4v) is 1.75. The van der Waals surface area contributed by atoms with E-state index in [9.17, 15) is 9.59 Å². The van der Waals surface area contributed by atoms with E-state index in [4.69, 9.17) is 5.11 Å². The molecular formula is C11H16N4O3. The maximum Gasteiger partial charge on any atom is 0.328 e. The number of amides is 1. The molecule has 1 aliphatic heterocycles. The van der Waals surface area contributed by atoms with Crippen molar-refractivity contribution >= 4 is 17.7 Å². The van der Waals surface area contributed by atoms with E-state index in [2.05, 4.69) is 15.7 Å². The molecule has 1 aromatic heterocycles. The van der Waals surface area contributed by atoms with Gasteiger partial charge in [0.1, 0.15) is 16.9 Å². The summed E-state index contributed by atoms with van der Waals surface area (Å²) in [7, 11) is 0. The van der Waals surface area contributed by atoms with E-state index in [1.54, 1.807) is 4.68 Å². The number of carbonyl (C=O) groups excluding carboxylic acids is 1. The third-order valence-electron chi connectivity index (χ3n) is 2.88. The van der Waals surface area contributed by atoms with Crippen molar-refractivity contribution in [1.29, 1.82) is 0 Å². The van der Waals surface area contributed by atoms with Crippen LogP contribution in [0.3, 0.4) is 0 Å². The Kier molecular flexibility index (Phi) is 2.98. The zero-order chi connectivity index (χ0) is 13.3. The van der Waals surface area contributed by atoms with Crippen LogP contribution < -0.4 is 10.6 Å². The fourth-order valence-electron chi connectivity index (χ4n) is 1.75. The molecule has 0 aromatic carbocycles. The summed E-state index contributed by atoms with van der Waals surface area (Å²) in [6.07, 6.45) is 2.41. The number of nitrogens with zero attached hydrogens (tertiary/aromatic N) is 2. The maximum absolute atomic E-state index is 12.0. The minimum atomic E-state index is -1.30. The second kappa shape index (κ2) is 4.32. The first kappa shape index (κ1) is 12.4. The number of nitrogens with one attached hydrogen (secondary N) is 2. The van der Waals surface area contributed by atoms with Crippen molar-refractivity contribution < 1.29 is 14.7 Å². The molecule has 0 saturated heterocycles. The average molecular weight is 252 g/mol. The molecule has 2 rings (SSSR count). The van der Waals surface area contributed by atoms with Crippen molar-refractivity contribution in [2.45, 2.75) is 32.4 Å². The van der Waals surface area contributed by atoms with E-state index in [0.29, 0.717) is 11.4 Å².